The Bertz CT molecular complexity index is 1700. The van der Waals surface area contributed by atoms with Gasteiger partial charge in [-0.25, -0.2) is 0 Å². The van der Waals surface area contributed by atoms with Crippen LogP contribution in [0.15, 0.2) is 109 Å². The van der Waals surface area contributed by atoms with E-state index >= 15 is 0 Å². The zero-order valence-electron chi connectivity index (χ0n) is 51.1. The van der Waals surface area contributed by atoms with Crippen LogP contribution < -0.4 is 10.2 Å². The van der Waals surface area contributed by atoms with E-state index in [1.54, 1.807) is 6.08 Å². The van der Waals surface area contributed by atoms with E-state index in [9.17, 15) is 19.0 Å². The van der Waals surface area contributed by atoms with E-state index in [2.05, 4.69) is 111 Å². The van der Waals surface area contributed by atoms with Crippen molar-refractivity contribution < 1.29 is 37.3 Å². The Morgan fingerprint density at radius 1 is 0.462 bits per heavy atom. The molecule has 78 heavy (non-hydrogen) atoms. The molecule has 3 unspecified atom stereocenters. The molecule has 0 aliphatic carbocycles. The van der Waals surface area contributed by atoms with Gasteiger partial charge in [-0.2, -0.15) is 0 Å². The second kappa shape index (κ2) is 56.9. The molecule has 1 amide bonds. The number of hydrogen-bond acceptors (Lipinski definition) is 7. The molecule has 0 aliphatic rings. The number of phosphoric ester groups is 1. The first-order chi connectivity index (χ1) is 37.9. The molecule has 3 atom stereocenters. The first kappa shape index (κ1) is 74.7. The maximum Gasteiger partial charge on any atom is 0.306 e. The van der Waals surface area contributed by atoms with E-state index in [4.69, 9.17) is 13.8 Å². The monoisotopic (exact) mass is 1110 g/mol. The third-order valence-electron chi connectivity index (χ3n) is 13.5. The standard InChI is InChI=1S/C68H119N2O7P/c1-7-10-13-16-19-22-25-28-30-32-34-35-37-38-40-42-45-48-51-54-57-60-67(71)69-65(64-76-78(73,74)75-63-62-70(4,5)6)66(59-56-53-50-47-44-27-24-21-18-15-12-9-3)77-68(72)61-58-55-52-49-46-43-41-39-36-33-31-29-26-23-20-17-14-11-8-2/h11,14,19-20,22-23,28-31,36,39,43,46,52,55-56,59,65-66H,7-10,12-13,15-18,21,24-27,32-35,37-38,40-42,44-45,47-51,53-54,57-58,60-64H2,1-6H3,(H-,69,71,73,74)/b14-11-,22-19-,23-20-,30-28-,31-29-,39-36-,46-43-,55-52-,59-56+. The number of allylic oxidation sites excluding steroid dienone is 17. The molecule has 0 aromatic heterocycles. The van der Waals surface area contributed by atoms with Gasteiger partial charge in [-0.15, -0.1) is 0 Å². The molecule has 0 heterocycles. The first-order valence-electron chi connectivity index (χ1n) is 31.7. The van der Waals surface area contributed by atoms with Gasteiger partial charge in [0, 0.05) is 12.8 Å². The summed E-state index contributed by atoms with van der Waals surface area (Å²) in [6.07, 6.45) is 77.8. The molecule has 0 bridgehead atoms. The van der Waals surface area contributed by atoms with E-state index in [1.807, 2.05) is 39.4 Å². The van der Waals surface area contributed by atoms with Gasteiger partial charge in [0.15, 0.2) is 0 Å². The molecule has 0 rings (SSSR count). The summed E-state index contributed by atoms with van der Waals surface area (Å²) in [6, 6.07) is -0.927. The number of carbonyl (C=O) groups excluding carboxylic acids is 2. The number of ether oxygens (including phenoxy) is 1. The van der Waals surface area contributed by atoms with Crippen LogP contribution in [0, 0.1) is 0 Å². The number of esters is 1. The third kappa shape index (κ3) is 57.4. The van der Waals surface area contributed by atoms with Gasteiger partial charge in [0.25, 0.3) is 7.82 Å². The summed E-state index contributed by atoms with van der Waals surface area (Å²) in [7, 11) is 1.13. The summed E-state index contributed by atoms with van der Waals surface area (Å²) in [5, 5.41) is 3.01. The predicted octanol–water partition coefficient (Wildman–Crippen LogP) is 19.1. The van der Waals surface area contributed by atoms with Gasteiger partial charge in [0.05, 0.1) is 33.8 Å². The van der Waals surface area contributed by atoms with Crippen LogP contribution in [0.3, 0.4) is 0 Å². The number of nitrogens with zero attached hydrogens (tertiary/aromatic N) is 1. The molecule has 0 radical (unpaired) electrons. The van der Waals surface area contributed by atoms with Crippen molar-refractivity contribution in [3.63, 3.8) is 0 Å². The highest BCUT2D eigenvalue weighted by atomic mass is 31.2. The zero-order valence-corrected chi connectivity index (χ0v) is 52.0. The lowest BCUT2D eigenvalue weighted by Gasteiger charge is -2.30. The number of phosphoric acid groups is 1. The molecule has 0 aromatic carbocycles. The second-order valence-electron chi connectivity index (χ2n) is 22.2. The number of nitrogens with one attached hydrogen (secondary N) is 1. The molecule has 0 spiro atoms. The van der Waals surface area contributed by atoms with Crippen LogP contribution >= 0.6 is 7.82 Å². The van der Waals surface area contributed by atoms with Crippen LogP contribution in [0.2, 0.25) is 0 Å². The highest BCUT2D eigenvalue weighted by Crippen LogP contribution is 2.38. The SMILES string of the molecule is CC/C=C\C/C=C\C/C=C\C/C=C\C/C=C\C/C=C\CCC(=O)OC(/C=C/CCCCCCCCCCCC)C(COP(=O)([O-])OCC[N+](C)(C)C)NC(=O)CCCCCCCCCCCCC/C=C\C/C=C\CCCCC. The van der Waals surface area contributed by atoms with Crippen molar-refractivity contribution >= 4 is 19.7 Å². The smallest absolute Gasteiger partial charge is 0.306 e. The van der Waals surface area contributed by atoms with E-state index in [1.165, 1.54) is 128 Å². The maximum atomic E-state index is 13.5. The Morgan fingerprint density at radius 2 is 0.833 bits per heavy atom. The number of likely N-dealkylation sites (N-methyl/N-ethyl adjacent to an activating group) is 1. The summed E-state index contributed by atoms with van der Waals surface area (Å²) >= 11 is 0. The summed E-state index contributed by atoms with van der Waals surface area (Å²) < 4.78 is 30.3. The number of quaternary nitrogens is 1. The Kier molecular flexibility index (Phi) is 54.5. The molecule has 0 aromatic rings. The highest BCUT2D eigenvalue weighted by Gasteiger charge is 2.27. The van der Waals surface area contributed by atoms with Crippen LogP contribution in [0.1, 0.15) is 258 Å². The van der Waals surface area contributed by atoms with Crippen LogP contribution in [-0.4, -0.2) is 69.4 Å². The minimum absolute atomic E-state index is 0.0387. The molecular weight excluding hydrogens is 988 g/mol. The van der Waals surface area contributed by atoms with Crippen LogP contribution in [0.5, 0.6) is 0 Å². The van der Waals surface area contributed by atoms with Gasteiger partial charge in [0.2, 0.25) is 5.91 Å². The van der Waals surface area contributed by atoms with Gasteiger partial charge in [-0.3, -0.25) is 14.2 Å². The lowest BCUT2D eigenvalue weighted by molar-refractivity contribution is -0.870. The molecule has 0 saturated carbocycles. The first-order valence-corrected chi connectivity index (χ1v) is 33.2. The van der Waals surface area contributed by atoms with Gasteiger partial charge >= 0.3 is 5.97 Å². The summed E-state index contributed by atoms with van der Waals surface area (Å²) in [4.78, 5) is 40.0. The van der Waals surface area contributed by atoms with Crippen molar-refractivity contribution in [2.75, 3.05) is 40.9 Å². The fraction of sp³-hybridized carbons (Fsp3) is 0.706. The van der Waals surface area contributed by atoms with Crippen molar-refractivity contribution in [2.45, 2.75) is 270 Å². The second-order valence-corrected chi connectivity index (χ2v) is 23.6. The van der Waals surface area contributed by atoms with Gasteiger partial charge < -0.3 is 28.5 Å². The summed E-state index contributed by atoms with van der Waals surface area (Å²) in [5.41, 5.74) is 0. The summed E-state index contributed by atoms with van der Waals surface area (Å²) in [6.45, 7) is 6.65. The molecule has 0 aliphatic heterocycles. The Labute approximate surface area is 481 Å². The van der Waals surface area contributed by atoms with Crippen molar-refractivity contribution in [3.8, 4) is 0 Å². The predicted molar refractivity (Wildman–Crippen MR) is 334 cm³/mol. The lowest BCUT2D eigenvalue weighted by atomic mass is 10.0. The van der Waals surface area contributed by atoms with Crippen molar-refractivity contribution in [1.82, 2.24) is 5.32 Å². The van der Waals surface area contributed by atoms with Gasteiger partial charge in [-0.05, 0) is 102 Å². The zero-order chi connectivity index (χ0) is 57.2. The third-order valence-corrected chi connectivity index (χ3v) is 14.4. The van der Waals surface area contributed by atoms with Crippen LogP contribution in [0.4, 0.5) is 0 Å². The average molecular weight is 1110 g/mol. The Balaban J connectivity index is 5.33. The minimum atomic E-state index is -4.72. The van der Waals surface area contributed by atoms with E-state index in [-0.39, 0.29) is 18.9 Å². The van der Waals surface area contributed by atoms with E-state index < -0.39 is 32.5 Å². The van der Waals surface area contributed by atoms with Crippen LogP contribution in [0.25, 0.3) is 0 Å². The fourth-order valence-corrected chi connectivity index (χ4v) is 9.30. The van der Waals surface area contributed by atoms with Crippen molar-refractivity contribution in [2.24, 2.45) is 0 Å². The van der Waals surface area contributed by atoms with Gasteiger partial charge in [-0.1, -0.05) is 252 Å². The Hall–Kier alpha value is -3.33. The molecule has 1 N–H and O–H groups in total. The normalized spacial score (nSPS) is 14.4. The largest absolute Gasteiger partial charge is 0.756 e. The number of carbonyl (C=O) groups is 2. The highest BCUT2D eigenvalue weighted by molar-refractivity contribution is 7.45. The number of rotatable bonds is 56. The molecule has 9 nitrogen and oxygen atoms in total. The average Bonchev–Trinajstić information content (AvgIpc) is 3.40. The van der Waals surface area contributed by atoms with Crippen LogP contribution in [-0.2, 0) is 27.9 Å². The summed E-state index contributed by atoms with van der Waals surface area (Å²) in [5.74, 6) is -0.644. The van der Waals surface area contributed by atoms with Crippen molar-refractivity contribution in [3.05, 3.63) is 109 Å². The molecule has 448 valence electrons. The topological polar surface area (TPSA) is 114 Å². The maximum absolute atomic E-state index is 13.5. The molecule has 10 heteroatoms. The lowest BCUT2D eigenvalue weighted by Crippen LogP contribution is -2.47. The van der Waals surface area contributed by atoms with E-state index in [0.29, 0.717) is 23.9 Å². The van der Waals surface area contributed by atoms with Crippen molar-refractivity contribution in [1.29, 1.82) is 0 Å². The minimum Gasteiger partial charge on any atom is -0.756 e. The van der Waals surface area contributed by atoms with Gasteiger partial charge in [0.1, 0.15) is 19.3 Å². The molecular formula is C68H119N2O7P. The van der Waals surface area contributed by atoms with E-state index in [0.717, 1.165) is 89.9 Å². The quantitative estimate of drug-likeness (QED) is 0.0212. The molecule has 0 saturated heterocycles. The number of hydrogen-bond donors (Lipinski definition) is 1. The number of unbranched alkanes of at least 4 members (excludes halogenated alkanes) is 24. The molecule has 0 fully saturated rings. The number of amides is 1. The Morgan fingerprint density at radius 3 is 1.28 bits per heavy atom. The fourth-order valence-electron chi connectivity index (χ4n) is 8.58.